The summed E-state index contributed by atoms with van der Waals surface area (Å²) in [5, 5.41) is 1.41. The van der Waals surface area contributed by atoms with Gasteiger partial charge in [0.2, 0.25) is 0 Å². The number of nitrogens with one attached hydrogen (secondary N) is 1. The fraction of sp³-hybridized carbons (Fsp3) is 0.500. The number of piperidine rings is 1. The molecule has 0 saturated carbocycles. The molecular formula is C16H23N3. The van der Waals surface area contributed by atoms with Crippen molar-refractivity contribution < 1.29 is 0 Å². The molecule has 3 heteroatoms. The highest BCUT2D eigenvalue weighted by atomic mass is 15.1. The van der Waals surface area contributed by atoms with E-state index in [4.69, 9.17) is 5.73 Å². The van der Waals surface area contributed by atoms with Crippen LogP contribution in [0, 0.1) is 6.92 Å². The highest BCUT2D eigenvalue weighted by Gasteiger charge is 2.23. The summed E-state index contributed by atoms with van der Waals surface area (Å²) < 4.78 is 0. The summed E-state index contributed by atoms with van der Waals surface area (Å²) in [6.07, 6.45) is 2.51. The molecule has 1 fully saturated rings. The van der Waals surface area contributed by atoms with Crippen molar-refractivity contribution in [1.29, 1.82) is 0 Å². The normalized spacial score (nSPS) is 18.2. The lowest BCUT2D eigenvalue weighted by atomic mass is 9.87. The number of nitrogens with zero attached hydrogens (tertiary/aromatic N) is 1. The Hall–Kier alpha value is -1.32. The van der Waals surface area contributed by atoms with Crippen LogP contribution in [0.15, 0.2) is 24.3 Å². The summed E-state index contributed by atoms with van der Waals surface area (Å²) in [4.78, 5) is 6.01. The molecule has 1 aliphatic heterocycles. The maximum Gasteiger partial charge on any atom is 0.0458 e. The van der Waals surface area contributed by atoms with E-state index in [9.17, 15) is 0 Å². The predicted octanol–water partition coefficient (Wildman–Crippen LogP) is 2.61. The van der Waals surface area contributed by atoms with Crippen molar-refractivity contribution in [1.82, 2.24) is 9.88 Å². The average molecular weight is 257 g/mol. The second kappa shape index (κ2) is 5.35. The summed E-state index contributed by atoms with van der Waals surface area (Å²) in [5.74, 6) is 0.699. The molecule has 1 aromatic carbocycles. The van der Waals surface area contributed by atoms with Gasteiger partial charge in [-0.3, -0.25) is 0 Å². The molecule has 0 radical (unpaired) electrons. The van der Waals surface area contributed by atoms with Gasteiger partial charge in [-0.1, -0.05) is 18.2 Å². The summed E-state index contributed by atoms with van der Waals surface area (Å²) in [5.41, 5.74) is 9.81. The summed E-state index contributed by atoms with van der Waals surface area (Å²) in [6.45, 7) is 6.39. The minimum absolute atomic E-state index is 0.699. The van der Waals surface area contributed by atoms with Crippen molar-refractivity contribution in [2.24, 2.45) is 5.73 Å². The van der Waals surface area contributed by atoms with Crippen LogP contribution in [0.4, 0.5) is 0 Å². The molecule has 3 rings (SSSR count). The quantitative estimate of drug-likeness (QED) is 0.888. The summed E-state index contributed by atoms with van der Waals surface area (Å²) in [6, 6.07) is 8.67. The number of rotatable bonds is 3. The molecule has 1 saturated heterocycles. The number of para-hydroxylation sites is 1. The van der Waals surface area contributed by atoms with Crippen molar-refractivity contribution >= 4 is 10.9 Å². The van der Waals surface area contributed by atoms with Gasteiger partial charge in [0, 0.05) is 29.7 Å². The molecule has 3 N–H and O–H groups in total. The third-order valence-electron chi connectivity index (χ3n) is 4.38. The fourth-order valence-electron chi connectivity index (χ4n) is 3.45. The van der Waals surface area contributed by atoms with Gasteiger partial charge in [0.15, 0.2) is 0 Å². The van der Waals surface area contributed by atoms with Gasteiger partial charge in [-0.15, -0.1) is 0 Å². The Morgan fingerprint density at radius 3 is 2.74 bits per heavy atom. The monoisotopic (exact) mass is 257 g/mol. The first kappa shape index (κ1) is 12.7. The molecule has 0 unspecified atom stereocenters. The van der Waals surface area contributed by atoms with Crippen molar-refractivity contribution in [2.45, 2.75) is 25.7 Å². The predicted molar refractivity (Wildman–Crippen MR) is 80.5 cm³/mol. The first-order chi connectivity index (χ1) is 9.29. The lowest BCUT2D eigenvalue weighted by molar-refractivity contribution is 0.218. The van der Waals surface area contributed by atoms with Gasteiger partial charge in [-0.2, -0.15) is 0 Å². The Balaban J connectivity index is 1.83. The van der Waals surface area contributed by atoms with E-state index in [-0.39, 0.29) is 0 Å². The Morgan fingerprint density at radius 1 is 1.26 bits per heavy atom. The molecule has 0 spiro atoms. The molecule has 0 aliphatic carbocycles. The summed E-state index contributed by atoms with van der Waals surface area (Å²) in [7, 11) is 0. The van der Waals surface area contributed by atoms with E-state index in [2.05, 4.69) is 41.1 Å². The zero-order valence-corrected chi connectivity index (χ0v) is 11.7. The zero-order chi connectivity index (χ0) is 13.2. The Labute approximate surface area is 114 Å². The maximum atomic E-state index is 5.64. The lowest BCUT2D eigenvalue weighted by Gasteiger charge is -2.32. The number of likely N-dealkylation sites (tertiary alicyclic amines) is 1. The van der Waals surface area contributed by atoms with Crippen LogP contribution in [0.1, 0.15) is 30.0 Å². The minimum Gasteiger partial charge on any atom is -0.358 e. The number of fused-ring (bicyclic) bond motifs is 1. The molecule has 102 valence electrons. The highest BCUT2D eigenvalue weighted by molar-refractivity contribution is 5.85. The fourth-order valence-corrected chi connectivity index (χ4v) is 3.45. The van der Waals surface area contributed by atoms with E-state index in [0.29, 0.717) is 5.92 Å². The van der Waals surface area contributed by atoms with E-state index < -0.39 is 0 Å². The van der Waals surface area contributed by atoms with E-state index in [0.717, 1.165) is 13.1 Å². The number of hydrogen-bond donors (Lipinski definition) is 2. The molecule has 0 amide bonds. The Morgan fingerprint density at radius 2 is 2.00 bits per heavy atom. The van der Waals surface area contributed by atoms with E-state index in [1.807, 2.05) is 0 Å². The molecular weight excluding hydrogens is 234 g/mol. The molecule has 0 atom stereocenters. The topological polar surface area (TPSA) is 45.0 Å². The standard InChI is InChI=1S/C16H23N3/c1-12-16(14-4-2-3-5-15(14)18-12)13-6-9-19(10-7-13)11-8-17/h2-5,13,18H,6-11,17H2,1H3. The van der Waals surface area contributed by atoms with Gasteiger partial charge in [0.05, 0.1) is 0 Å². The number of nitrogens with two attached hydrogens (primary N) is 1. The van der Waals surface area contributed by atoms with Crippen molar-refractivity contribution in [3.05, 3.63) is 35.5 Å². The first-order valence-corrected chi connectivity index (χ1v) is 7.29. The smallest absolute Gasteiger partial charge is 0.0458 e. The molecule has 1 aromatic heterocycles. The van der Waals surface area contributed by atoms with Gasteiger partial charge >= 0.3 is 0 Å². The van der Waals surface area contributed by atoms with Crippen LogP contribution >= 0.6 is 0 Å². The Kier molecular flexibility index (Phi) is 3.58. The highest BCUT2D eigenvalue weighted by Crippen LogP contribution is 2.35. The maximum absolute atomic E-state index is 5.64. The molecule has 3 nitrogen and oxygen atoms in total. The molecule has 2 heterocycles. The second-order valence-corrected chi connectivity index (χ2v) is 5.61. The number of hydrogen-bond acceptors (Lipinski definition) is 2. The van der Waals surface area contributed by atoms with Gasteiger partial charge in [-0.05, 0) is 50.4 Å². The van der Waals surface area contributed by atoms with Crippen LogP contribution in [-0.2, 0) is 0 Å². The van der Waals surface area contributed by atoms with Gasteiger partial charge in [0.1, 0.15) is 0 Å². The molecule has 2 aromatic rings. The lowest BCUT2D eigenvalue weighted by Crippen LogP contribution is -2.36. The van der Waals surface area contributed by atoms with E-state index >= 15 is 0 Å². The minimum atomic E-state index is 0.699. The van der Waals surface area contributed by atoms with Gasteiger partial charge in [-0.25, -0.2) is 0 Å². The number of aromatic nitrogens is 1. The van der Waals surface area contributed by atoms with E-state index in [1.54, 1.807) is 5.56 Å². The second-order valence-electron chi connectivity index (χ2n) is 5.61. The van der Waals surface area contributed by atoms with Crippen LogP contribution < -0.4 is 5.73 Å². The van der Waals surface area contributed by atoms with Crippen LogP contribution in [-0.4, -0.2) is 36.1 Å². The van der Waals surface area contributed by atoms with Crippen LogP contribution in [0.5, 0.6) is 0 Å². The van der Waals surface area contributed by atoms with E-state index in [1.165, 1.54) is 42.5 Å². The van der Waals surface area contributed by atoms with Gasteiger partial charge in [0.25, 0.3) is 0 Å². The van der Waals surface area contributed by atoms with Crippen LogP contribution in [0.3, 0.4) is 0 Å². The number of benzene rings is 1. The largest absolute Gasteiger partial charge is 0.358 e. The Bertz CT molecular complexity index is 550. The third kappa shape index (κ3) is 2.40. The number of aromatic amines is 1. The van der Waals surface area contributed by atoms with Gasteiger partial charge < -0.3 is 15.6 Å². The first-order valence-electron chi connectivity index (χ1n) is 7.29. The zero-order valence-electron chi connectivity index (χ0n) is 11.7. The van der Waals surface area contributed by atoms with Crippen LogP contribution in [0.2, 0.25) is 0 Å². The van der Waals surface area contributed by atoms with Crippen molar-refractivity contribution in [3.8, 4) is 0 Å². The van der Waals surface area contributed by atoms with Crippen molar-refractivity contribution in [2.75, 3.05) is 26.2 Å². The third-order valence-corrected chi connectivity index (χ3v) is 4.38. The number of H-pyrrole nitrogens is 1. The SMILES string of the molecule is Cc1[nH]c2ccccc2c1C1CCN(CCN)CC1. The molecule has 0 bridgehead atoms. The van der Waals surface area contributed by atoms with Crippen molar-refractivity contribution in [3.63, 3.8) is 0 Å². The summed E-state index contributed by atoms with van der Waals surface area (Å²) >= 11 is 0. The van der Waals surface area contributed by atoms with Crippen LogP contribution in [0.25, 0.3) is 10.9 Å². The molecule has 19 heavy (non-hydrogen) atoms. The number of aryl methyl sites for hydroxylation is 1. The average Bonchev–Trinajstić information content (AvgIpc) is 2.76. The molecule has 1 aliphatic rings.